The third kappa shape index (κ3) is 3.66. The van der Waals surface area contributed by atoms with Crippen molar-refractivity contribution in [1.29, 1.82) is 0 Å². The monoisotopic (exact) mass is 425 g/mol. The molecule has 4 rings (SSSR count). The summed E-state index contributed by atoms with van der Waals surface area (Å²) in [6, 6.07) is 12.1. The highest BCUT2D eigenvalue weighted by molar-refractivity contribution is 6.31. The Morgan fingerprint density at radius 3 is 2.53 bits per heavy atom. The maximum absolute atomic E-state index is 13.0. The molecule has 0 aliphatic carbocycles. The molecule has 8 nitrogen and oxygen atoms in total. The lowest BCUT2D eigenvalue weighted by Gasteiger charge is -2.20. The van der Waals surface area contributed by atoms with Crippen molar-refractivity contribution in [2.45, 2.75) is 31.8 Å². The lowest BCUT2D eigenvalue weighted by atomic mass is 10.0. The van der Waals surface area contributed by atoms with Gasteiger partial charge in [0.05, 0.1) is 5.69 Å². The molecule has 1 saturated heterocycles. The number of carbonyl (C=O) groups is 3. The number of nitrogens with zero attached hydrogens (tertiary/aromatic N) is 4. The second kappa shape index (κ2) is 7.87. The topological polar surface area (TPSA) is 94.4 Å². The first kappa shape index (κ1) is 20.0. The molecule has 0 saturated carbocycles. The van der Waals surface area contributed by atoms with Gasteiger partial charge in [-0.2, -0.15) is 5.11 Å². The number of halogens is 1. The second-order valence-electron chi connectivity index (χ2n) is 7.51. The number of carbonyl (C=O) groups excluding carboxylic acids is 3. The number of benzene rings is 2. The van der Waals surface area contributed by atoms with Gasteiger partial charge in [0.2, 0.25) is 5.91 Å². The highest BCUT2D eigenvalue weighted by Gasteiger charge is 2.55. The van der Waals surface area contributed by atoms with E-state index >= 15 is 0 Å². The molecule has 2 aromatic rings. The third-order valence-electron chi connectivity index (χ3n) is 5.09. The van der Waals surface area contributed by atoms with Crippen molar-refractivity contribution in [3.63, 3.8) is 0 Å². The molecule has 154 valence electrons. The highest BCUT2D eigenvalue weighted by atomic mass is 35.5. The van der Waals surface area contributed by atoms with Crippen LogP contribution in [0.5, 0.6) is 0 Å². The Morgan fingerprint density at radius 1 is 1.13 bits per heavy atom. The number of amides is 3. The van der Waals surface area contributed by atoms with Crippen molar-refractivity contribution in [2.75, 3.05) is 16.8 Å². The Bertz CT molecular complexity index is 1040. The van der Waals surface area contributed by atoms with E-state index in [2.05, 4.69) is 29.5 Å². The van der Waals surface area contributed by atoms with Crippen molar-refractivity contribution in [1.82, 2.24) is 5.01 Å². The summed E-state index contributed by atoms with van der Waals surface area (Å²) in [4.78, 5) is 39.3. The fourth-order valence-electron chi connectivity index (χ4n) is 3.53. The summed E-state index contributed by atoms with van der Waals surface area (Å²) in [5, 5.41) is 12.3. The van der Waals surface area contributed by atoms with Crippen LogP contribution in [0.3, 0.4) is 0 Å². The summed E-state index contributed by atoms with van der Waals surface area (Å²) in [7, 11) is 0. The second-order valence-corrected chi connectivity index (χ2v) is 7.95. The zero-order chi connectivity index (χ0) is 21.4. The van der Waals surface area contributed by atoms with E-state index in [0.29, 0.717) is 22.3 Å². The van der Waals surface area contributed by atoms with Crippen LogP contribution in [-0.2, 0) is 14.4 Å². The minimum Gasteiger partial charge on any atom is -0.324 e. The molecule has 0 radical (unpaired) electrons. The highest BCUT2D eigenvalue weighted by Crippen LogP contribution is 2.32. The van der Waals surface area contributed by atoms with E-state index in [1.807, 2.05) is 12.1 Å². The molecule has 2 heterocycles. The molecule has 30 heavy (non-hydrogen) atoms. The fourth-order valence-corrected chi connectivity index (χ4v) is 3.72. The number of hydrogen-bond donors (Lipinski definition) is 1. The smallest absolute Gasteiger partial charge is 0.263 e. The first-order chi connectivity index (χ1) is 14.3. The van der Waals surface area contributed by atoms with E-state index < -0.39 is 29.8 Å². The number of imide groups is 1. The molecule has 9 heteroatoms. The number of nitrogens with one attached hydrogen (secondary N) is 1. The Morgan fingerprint density at radius 2 is 1.87 bits per heavy atom. The fraction of sp³-hybridized carbons (Fsp3) is 0.286. The molecule has 1 N–H and O–H groups in total. The summed E-state index contributed by atoms with van der Waals surface area (Å²) in [6.45, 7) is 3.92. The molecule has 0 spiro atoms. The Labute approximate surface area is 178 Å². The molecular formula is C21H20ClN5O3. The van der Waals surface area contributed by atoms with Crippen LogP contribution < -0.4 is 10.2 Å². The van der Waals surface area contributed by atoms with Gasteiger partial charge in [0.25, 0.3) is 11.8 Å². The van der Waals surface area contributed by atoms with Gasteiger partial charge < -0.3 is 5.32 Å². The molecule has 0 unspecified atom stereocenters. The largest absolute Gasteiger partial charge is 0.324 e. The SMILES string of the molecule is CC(C)c1ccc(N2C(=O)[C@H]3N=NN(CC(=O)Nc4cccc(Cl)c4)[C@@H]3C2=O)cc1. The average molecular weight is 426 g/mol. The van der Waals surface area contributed by atoms with Gasteiger partial charge in [0.1, 0.15) is 6.54 Å². The van der Waals surface area contributed by atoms with E-state index in [-0.39, 0.29) is 6.54 Å². The van der Waals surface area contributed by atoms with Crippen LogP contribution in [-0.4, -0.2) is 41.4 Å². The lowest BCUT2D eigenvalue weighted by Crippen LogP contribution is -2.43. The summed E-state index contributed by atoms with van der Waals surface area (Å²) >= 11 is 5.93. The first-order valence-corrected chi connectivity index (χ1v) is 9.93. The predicted octanol–water partition coefficient (Wildman–Crippen LogP) is 3.40. The predicted molar refractivity (Wildman–Crippen MR) is 112 cm³/mol. The molecule has 1 fully saturated rings. The zero-order valence-corrected chi connectivity index (χ0v) is 17.2. The van der Waals surface area contributed by atoms with Crippen LogP contribution in [0.1, 0.15) is 25.3 Å². The number of fused-ring (bicyclic) bond motifs is 1. The minimum absolute atomic E-state index is 0.212. The lowest BCUT2D eigenvalue weighted by molar-refractivity contribution is -0.123. The van der Waals surface area contributed by atoms with Crippen molar-refractivity contribution in [2.24, 2.45) is 10.3 Å². The summed E-state index contributed by atoms with van der Waals surface area (Å²) in [6.07, 6.45) is 0. The van der Waals surface area contributed by atoms with Gasteiger partial charge in [0, 0.05) is 10.7 Å². The normalized spacial score (nSPS) is 20.3. The van der Waals surface area contributed by atoms with E-state index in [1.54, 1.807) is 36.4 Å². The first-order valence-electron chi connectivity index (χ1n) is 9.56. The van der Waals surface area contributed by atoms with Crippen LogP contribution in [0.2, 0.25) is 5.02 Å². The maximum atomic E-state index is 13.0. The van der Waals surface area contributed by atoms with Crippen molar-refractivity contribution in [3.05, 3.63) is 59.1 Å². The summed E-state index contributed by atoms with van der Waals surface area (Å²) < 4.78 is 0. The standard InChI is InChI=1S/C21H20ClN5O3/c1-12(2)13-6-8-16(9-7-13)27-20(29)18-19(21(27)30)26(25-24-18)11-17(28)23-15-5-3-4-14(22)10-15/h3-10,12,18-19H,11H2,1-2H3,(H,23,28)/t18-,19-/m0/s1. The van der Waals surface area contributed by atoms with Gasteiger partial charge in [-0.1, -0.05) is 48.9 Å². The molecule has 2 aromatic carbocycles. The van der Waals surface area contributed by atoms with E-state index in [9.17, 15) is 14.4 Å². The summed E-state index contributed by atoms with van der Waals surface area (Å²) in [5.41, 5.74) is 2.13. The summed E-state index contributed by atoms with van der Waals surface area (Å²) in [5.74, 6) is -0.936. The maximum Gasteiger partial charge on any atom is 0.263 e. The van der Waals surface area contributed by atoms with Gasteiger partial charge in [0.15, 0.2) is 12.1 Å². The van der Waals surface area contributed by atoms with Crippen LogP contribution >= 0.6 is 11.6 Å². The number of rotatable bonds is 5. The number of anilines is 2. The van der Waals surface area contributed by atoms with E-state index in [0.717, 1.165) is 10.5 Å². The molecule has 0 bridgehead atoms. The van der Waals surface area contributed by atoms with Gasteiger partial charge in [-0.25, -0.2) is 4.90 Å². The van der Waals surface area contributed by atoms with Crippen LogP contribution in [0.25, 0.3) is 0 Å². The molecule has 2 aliphatic heterocycles. The Hall–Kier alpha value is -3.26. The molecule has 3 amide bonds. The van der Waals surface area contributed by atoms with Gasteiger partial charge >= 0.3 is 0 Å². The Kier molecular flexibility index (Phi) is 5.26. The average Bonchev–Trinajstić information content (AvgIpc) is 3.21. The van der Waals surface area contributed by atoms with Crippen LogP contribution in [0.4, 0.5) is 11.4 Å². The van der Waals surface area contributed by atoms with Gasteiger partial charge in [-0.3, -0.25) is 19.4 Å². The molecular weight excluding hydrogens is 406 g/mol. The van der Waals surface area contributed by atoms with Crippen molar-refractivity contribution < 1.29 is 14.4 Å². The van der Waals surface area contributed by atoms with Gasteiger partial charge in [-0.15, -0.1) is 0 Å². The van der Waals surface area contributed by atoms with Crippen molar-refractivity contribution >= 4 is 40.7 Å². The number of hydrogen-bond acceptors (Lipinski definition) is 6. The Balaban J connectivity index is 1.48. The molecule has 2 aliphatic rings. The van der Waals surface area contributed by atoms with Gasteiger partial charge in [-0.05, 0) is 41.8 Å². The molecule has 0 aromatic heterocycles. The minimum atomic E-state index is -0.943. The molecule has 2 atom stereocenters. The zero-order valence-electron chi connectivity index (χ0n) is 16.4. The van der Waals surface area contributed by atoms with E-state index in [1.165, 1.54) is 5.01 Å². The van der Waals surface area contributed by atoms with E-state index in [4.69, 9.17) is 11.6 Å². The van der Waals surface area contributed by atoms with Crippen LogP contribution in [0, 0.1) is 0 Å². The van der Waals surface area contributed by atoms with Crippen LogP contribution in [0.15, 0.2) is 58.9 Å². The van der Waals surface area contributed by atoms with Crippen molar-refractivity contribution in [3.8, 4) is 0 Å². The quantitative estimate of drug-likeness (QED) is 0.743. The third-order valence-corrected chi connectivity index (χ3v) is 5.32.